The van der Waals surface area contributed by atoms with Crippen LogP contribution >= 0.6 is 11.8 Å². The van der Waals surface area contributed by atoms with Gasteiger partial charge in [-0.3, -0.25) is 4.79 Å². The Bertz CT molecular complexity index is 441. The predicted molar refractivity (Wildman–Crippen MR) is 79.8 cm³/mol. The molecule has 0 aliphatic carbocycles. The molecule has 2 unspecified atom stereocenters. The molecule has 1 aromatic carbocycles. The van der Waals surface area contributed by atoms with Gasteiger partial charge in [-0.2, -0.15) is 0 Å². The second-order valence-corrected chi connectivity index (χ2v) is 6.36. The number of thioether (sulfide) groups is 1. The van der Waals surface area contributed by atoms with Crippen LogP contribution in [0.5, 0.6) is 0 Å². The van der Waals surface area contributed by atoms with Crippen molar-refractivity contribution in [2.24, 2.45) is 0 Å². The lowest BCUT2D eigenvalue weighted by atomic mass is 10.1. The normalized spacial score (nSPS) is 18.6. The number of ether oxygens (including phenoxy) is 1. The lowest BCUT2D eigenvalue weighted by Crippen LogP contribution is -2.44. The smallest absolute Gasteiger partial charge is 0.235 e. The molecule has 1 N–H and O–H groups in total. The van der Waals surface area contributed by atoms with E-state index in [-0.39, 0.29) is 11.2 Å². The first-order valence-corrected chi connectivity index (χ1v) is 7.77. The van der Waals surface area contributed by atoms with Crippen LogP contribution < -0.4 is 0 Å². The summed E-state index contributed by atoms with van der Waals surface area (Å²) in [5.74, 6) is 0.165. The molecular formula is C15H21NO3S. The largest absolute Gasteiger partial charge is 0.389 e. The van der Waals surface area contributed by atoms with Crippen molar-refractivity contribution in [3.8, 4) is 0 Å². The summed E-state index contributed by atoms with van der Waals surface area (Å²) in [6, 6.07) is 7.71. The molecule has 0 spiro atoms. The fourth-order valence-corrected chi connectivity index (χ4v) is 3.07. The Hall–Kier alpha value is -1.04. The molecule has 0 bridgehead atoms. The van der Waals surface area contributed by atoms with Gasteiger partial charge in [-0.1, -0.05) is 12.1 Å². The van der Waals surface area contributed by atoms with E-state index >= 15 is 0 Å². The van der Waals surface area contributed by atoms with E-state index in [9.17, 15) is 9.90 Å². The van der Waals surface area contributed by atoms with Crippen molar-refractivity contribution in [2.75, 3.05) is 26.3 Å². The SMILES string of the molecule is CC(Sc1ccc(C(C)O)cc1)C(=O)N1CCOCC1. The number of morpholine rings is 1. The minimum absolute atomic E-state index is 0.106. The average molecular weight is 295 g/mol. The maximum absolute atomic E-state index is 12.3. The van der Waals surface area contributed by atoms with Crippen LogP contribution in [0.1, 0.15) is 25.5 Å². The Morgan fingerprint density at radius 3 is 2.40 bits per heavy atom. The third-order valence-corrected chi connectivity index (χ3v) is 4.45. The summed E-state index contributed by atoms with van der Waals surface area (Å²) >= 11 is 1.55. The fraction of sp³-hybridized carbons (Fsp3) is 0.533. The fourth-order valence-electron chi connectivity index (χ4n) is 2.12. The van der Waals surface area contributed by atoms with Crippen molar-refractivity contribution < 1.29 is 14.6 Å². The molecule has 1 aliphatic heterocycles. The van der Waals surface area contributed by atoms with Crippen LogP contribution in [0.25, 0.3) is 0 Å². The van der Waals surface area contributed by atoms with Gasteiger partial charge in [-0.05, 0) is 31.5 Å². The predicted octanol–water partition coefficient (Wildman–Crippen LogP) is 2.08. The zero-order chi connectivity index (χ0) is 14.5. The quantitative estimate of drug-likeness (QED) is 0.864. The highest BCUT2D eigenvalue weighted by atomic mass is 32.2. The Balaban J connectivity index is 1.92. The lowest BCUT2D eigenvalue weighted by Gasteiger charge is -2.29. The van der Waals surface area contributed by atoms with Gasteiger partial charge in [-0.25, -0.2) is 0 Å². The van der Waals surface area contributed by atoms with Crippen molar-refractivity contribution in [1.82, 2.24) is 4.90 Å². The molecule has 2 atom stereocenters. The number of aliphatic hydroxyl groups is 1. The lowest BCUT2D eigenvalue weighted by molar-refractivity contribution is -0.134. The Kier molecular flexibility index (Phi) is 5.46. The average Bonchev–Trinajstić information content (AvgIpc) is 2.48. The highest BCUT2D eigenvalue weighted by Crippen LogP contribution is 2.26. The Morgan fingerprint density at radius 2 is 1.85 bits per heavy atom. The van der Waals surface area contributed by atoms with E-state index in [0.29, 0.717) is 26.3 Å². The van der Waals surface area contributed by atoms with E-state index in [0.717, 1.165) is 10.5 Å². The third-order valence-electron chi connectivity index (χ3n) is 3.35. The monoisotopic (exact) mass is 295 g/mol. The van der Waals surface area contributed by atoms with Gasteiger partial charge in [0.15, 0.2) is 0 Å². The van der Waals surface area contributed by atoms with Crippen LogP contribution in [0.3, 0.4) is 0 Å². The van der Waals surface area contributed by atoms with Crippen LogP contribution in [0.2, 0.25) is 0 Å². The molecule has 1 aliphatic rings. The third kappa shape index (κ3) is 3.98. The topological polar surface area (TPSA) is 49.8 Å². The van der Waals surface area contributed by atoms with E-state index in [2.05, 4.69) is 0 Å². The highest BCUT2D eigenvalue weighted by molar-refractivity contribution is 8.00. The highest BCUT2D eigenvalue weighted by Gasteiger charge is 2.23. The molecule has 0 saturated carbocycles. The number of nitrogens with zero attached hydrogens (tertiary/aromatic N) is 1. The van der Waals surface area contributed by atoms with E-state index in [1.54, 1.807) is 18.7 Å². The first kappa shape index (κ1) is 15.4. The number of carbonyl (C=O) groups excluding carboxylic acids is 1. The van der Waals surface area contributed by atoms with Crippen LogP contribution in [-0.2, 0) is 9.53 Å². The molecule has 5 heteroatoms. The van der Waals surface area contributed by atoms with Gasteiger partial charge in [-0.15, -0.1) is 11.8 Å². The van der Waals surface area contributed by atoms with Gasteiger partial charge >= 0.3 is 0 Å². The van der Waals surface area contributed by atoms with Crippen LogP contribution in [0.4, 0.5) is 0 Å². The van der Waals surface area contributed by atoms with Crippen molar-refractivity contribution in [2.45, 2.75) is 30.1 Å². The molecule has 1 amide bonds. The maximum atomic E-state index is 12.3. The summed E-state index contributed by atoms with van der Waals surface area (Å²) in [6.45, 7) is 6.31. The van der Waals surface area contributed by atoms with Crippen molar-refractivity contribution in [3.63, 3.8) is 0 Å². The molecule has 1 fully saturated rings. The number of hydrogen-bond donors (Lipinski definition) is 1. The molecule has 110 valence electrons. The van der Waals surface area contributed by atoms with E-state index in [4.69, 9.17) is 4.74 Å². The number of rotatable bonds is 4. The van der Waals surface area contributed by atoms with Gasteiger partial charge in [0, 0.05) is 18.0 Å². The molecule has 1 saturated heterocycles. The van der Waals surface area contributed by atoms with Crippen LogP contribution in [-0.4, -0.2) is 47.5 Å². The van der Waals surface area contributed by atoms with Gasteiger partial charge in [0.25, 0.3) is 0 Å². The molecule has 20 heavy (non-hydrogen) atoms. The first-order chi connectivity index (χ1) is 9.58. The Labute approximate surface area is 124 Å². The van der Waals surface area contributed by atoms with Crippen LogP contribution in [0.15, 0.2) is 29.2 Å². The molecule has 4 nitrogen and oxygen atoms in total. The van der Waals surface area contributed by atoms with Gasteiger partial charge in [0.1, 0.15) is 0 Å². The summed E-state index contributed by atoms with van der Waals surface area (Å²) in [6.07, 6.45) is -0.457. The van der Waals surface area contributed by atoms with E-state index in [1.807, 2.05) is 36.1 Å². The molecular weight excluding hydrogens is 274 g/mol. The Morgan fingerprint density at radius 1 is 1.25 bits per heavy atom. The van der Waals surface area contributed by atoms with Crippen molar-refractivity contribution in [1.29, 1.82) is 0 Å². The molecule has 1 heterocycles. The van der Waals surface area contributed by atoms with Crippen LogP contribution in [0, 0.1) is 0 Å². The minimum atomic E-state index is -0.457. The number of aliphatic hydroxyl groups excluding tert-OH is 1. The maximum Gasteiger partial charge on any atom is 0.235 e. The molecule has 0 aromatic heterocycles. The number of carbonyl (C=O) groups is 1. The summed E-state index contributed by atoms with van der Waals surface area (Å²) in [5, 5.41) is 9.37. The second kappa shape index (κ2) is 7.11. The summed E-state index contributed by atoms with van der Waals surface area (Å²) < 4.78 is 5.26. The summed E-state index contributed by atoms with van der Waals surface area (Å²) in [5.41, 5.74) is 0.890. The second-order valence-electron chi connectivity index (χ2n) is 4.94. The standard InChI is InChI=1S/C15H21NO3S/c1-11(17)13-3-5-14(6-4-13)20-12(2)15(18)16-7-9-19-10-8-16/h3-6,11-12,17H,7-10H2,1-2H3. The summed E-state index contributed by atoms with van der Waals surface area (Å²) in [7, 11) is 0. The van der Waals surface area contributed by atoms with Gasteiger partial charge < -0.3 is 14.7 Å². The van der Waals surface area contributed by atoms with E-state index in [1.165, 1.54) is 0 Å². The number of benzene rings is 1. The van der Waals surface area contributed by atoms with E-state index < -0.39 is 6.10 Å². The number of amides is 1. The molecule has 0 radical (unpaired) electrons. The van der Waals surface area contributed by atoms with Crippen molar-refractivity contribution >= 4 is 17.7 Å². The zero-order valence-corrected chi connectivity index (χ0v) is 12.7. The minimum Gasteiger partial charge on any atom is -0.389 e. The van der Waals surface area contributed by atoms with Gasteiger partial charge in [0.2, 0.25) is 5.91 Å². The first-order valence-electron chi connectivity index (χ1n) is 6.89. The summed E-state index contributed by atoms with van der Waals surface area (Å²) in [4.78, 5) is 15.2. The number of hydrogen-bond acceptors (Lipinski definition) is 4. The zero-order valence-electron chi connectivity index (χ0n) is 11.9. The van der Waals surface area contributed by atoms with Crippen molar-refractivity contribution in [3.05, 3.63) is 29.8 Å². The molecule has 2 rings (SSSR count). The molecule has 1 aromatic rings. The van der Waals surface area contributed by atoms with Gasteiger partial charge in [0.05, 0.1) is 24.6 Å².